The van der Waals surface area contributed by atoms with Crippen molar-refractivity contribution in [2.45, 2.75) is 69.2 Å². The maximum atomic E-state index is 4.25. The summed E-state index contributed by atoms with van der Waals surface area (Å²) in [5.74, 6) is 0. The van der Waals surface area contributed by atoms with Crippen LogP contribution in [0.4, 0.5) is 0 Å². The van der Waals surface area contributed by atoms with Gasteiger partial charge in [-0.05, 0) is 49.9 Å². The summed E-state index contributed by atoms with van der Waals surface area (Å²) in [6.07, 6.45) is 4.08. The van der Waals surface area contributed by atoms with E-state index in [0.717, 1.165) is 0 Å². The Morgan fingerprint density at radius 2 is 0.652 bits per heavy atom. The number of rotatable bonds is 0. The van der Waals surface area contributed by atoms with Crippen molar-refractivity contribution >= 4 is 11.8 Å². The normalized spacial score (nSPS) is 10.7. The van der Waals surface area contributed by atoms with Crippen molar-refractivity contribution in [2.75, 3.05) is 47.9 Å². The third-order valence-corrected chi connectivity index (χ3v) is 2.25. The van der Waals surface area contributed by atoms with Gasteiger partial charge in [0.25, 0.3) is 0 Å². The van der Waals surface area contributed by atoms with Crippen LogP contribution in [0.25, 0.3) is 0 Å². The number of methoxy groups -OCH3 is 1. The van der Waals surface area contributed by atoms with Crippen LogP contribution in [0.15, 0.2) is 0 Å². The first-order chi connectivity index (χ1) is 9.81. The highest BCUT2D eigenvalue weighted by molar-refractivity contribution is 7.97. The van der Waals surface area contributed by atoms with E-state index in [9.17, 15) is 0 Å². The molecule has 0 bridgehead atoms. The maximum Gasteiger partial charge on any atom is 0.0351 e. The second-order valence-corrected chi connectivity index (χ2v) is 10.5. The zero-order chi connectivity index (χ0) is 20.5. The lowest BCUT2D eigenvalue weighted by Crippen LogP contribution is -2.25. The predicted octanol–water partition coefficient (Wildman–Crippen LogP) is 6.55. The molecule has 0 rings (SSSR count). The van der Waals surface area contributed by atoms with Gasteiger partial charge in [0.1, 0.15) is 0 Å². The molecule has 23 heavy (non-hydrogen) atoms. The van der Waals surface area contributed by atoms with E-state index in [1.165, 1.54) is 0 Å². The first-order valence-electron chi connectivity index (χ1n) is 8.22. The van der Waals surface area contributed by atoms with Crippen molar-refractivity contribution in [1.82, 2.24) is 4.90 Å². The molecule has 0 saturated carbocycles. The van der Waals surface area contributed by atoms with Crippen LogP contribution in [0, 0.1) is 16.2 Å². The van der Waals surface area contributed by atoms with Gasteiger partial charge in [0.05, 0.1) is 0 Å². The Hall–Kier alpha value is 0.270. The second-order valence-electron chi connectivity index (χ2n) is 9.66. The van der Waals surface area contributed by atoms with Gasteiger partial charge in [-0.15, -0.1) is 0 Å². The first kappa shape index (κ1) is 34.6. The van der Waals surface area contributed by atoms with Gasteiger partial charge in [-0.2, -0.15) is 11.8 Å². The molecule has 3 heteroatoms. The molecule has 0 aromatic carbocycles. The van der Waals surface area contributed by atoms with Crippen molar-refractivity contribution in [2.24, 2.45) is 16.2 Å². The topological polar surface area (TPSA) is 12.5 Å². The van der Waals surface area contributed by atoms with E-state index in [-0.39, 0.29) is 0 Å². The fraction of sp³-hybridized carbons (Fsp3) is 1.00. The highest BCUT2D eigenvalue weighted by Crippen LogP contribution is 2.36. The predicted molar refractivity (Wildman–Crippen MR) is 116 cm³/mol. The Morgan fingerprint density at radius 1 is 0.609 bits per heavy atom. The van der Waals surface area contributed by atoms with Gasteiger partial charge < -0.3 is 9.64 Å². The third kappa shape index (κ3) is 106. The molecule has 0 heterocycles. The molecule has 148 valence electrons. The van der Waals surface area contributed by atoms with E-state index in [1.54, 1.807) is 26.0 Å². The molecule has 0 N–H and O–H groups in total. The molecule has 0 aliphatic carbocycles. The molecule has 0 aromatic heterocycles. The lowest BCUT2D eigenvalue weighted by atomic mass is 9.71. The standard InChI is InChI=1S/C8H18.C5H12.C3H9N.C2H6O.C2H6S/c1-7(2,3)8(4,5)6;1-5(2,3)4;1-4(2)3;2*1-3-2/h1-6H3;1-4H3;1-3H3;2*1-2H3. The Kier molecular flexibility index (Phi) is 28.0. The van der Waals surface area contributed by atoms with E-state index < -0.39 is 0 Å². The fourth-order valence-corrected chi connectivity index (χ4v) is 0. The molecule has 2 nitrogen and oxygen atoms in total. The fourth-order valence-electron chi connectivity index (χ4n) is 0. The monoisotopic (exact) mass is 353 g/mol. The number of hydrogen-bond donors (Lipinski definition) is 0. The Balaban J connectivity index is -0.0000000628. The maximum absolute atomic E-state index is 4.25. The average Bonchev–Trinajstić information content (AvgIpc) is 2.11. The third-order valence-electron chi connectivity index (χ3n) is 2.25. The number of ether oxygens (including phenoxy) is 1. The highest BCUT2D eigenvalue weighted by Gasteiger charge is 2.26. The largest absolute Gasteiger partial charge is 0.388 e. The van der Waals surface area contributed by atoms with Crippen molar-refractivity contribution in [3.63, 3.8) is 0 Å². The van der Waals surface area contributed by atoms with Crippen molar-refractivity contribution in [3.05, 3.63) is 0 Å². The van der Waals surface area contributed by atoms with Gasteiger partial charge in [0, 0.05) is 14.2 Å². The Morgan fingerprint density at radius 3 is 0.652 bits per heavy atom. The number of nitrogens with zero attached hydrogens (tertiary/aromatic N) is 1. The summed E-state index contributed by atoms with van der Waals surface area (Å²) < 4.78 is 4.25. The summed E-state index contributed by atoms with van der Waals surface area (Å²) in [5.41, 5.74) is 1.38. The average molecular weight is 354 g/mol. The molecule has 0 spiro atoms. The van der Waals surface area contributed by atoms with Crippen LogP contribution in [0.5, 0.6) is 0 Å². The van der Waals surface area contributed by atoms with E-state index in [0.29, 0.717) is 16.2 Å². The van der Waals surface area contributed by atoms with Crippen LogP contribution >= 0.6 is 11.8 Å². The molecular weight excluding hydrogens is 302 g/mol. The first-order valence-corrected chi connectivity index (χ1v) is 9.86. The number of hydrogen-bond acceptors (Lipinski definition) is 3. The smallest absolute Gasteiger partial charge is 0.0351 e. The molecule has 0 unspecified atom stereocenters. The molecule has 0 saturated heterocycles. The minimum Gasteiger partial charge on any atom is -0.388 e. The summed E-state index contributed by atoms with van der Waals surface area (Å²) in [4.78, 5) is 2.00. The molecule has 0 aliphatic heterocycles. The van der Waals surface area contributed by atoms with Crippen LogP contribution in [-0.4, -0.2) is 52.8 Å². The minimum atomic E-state index is 0.437. The molecular formula is C20H51NOS. The second kappa shape index (κ2) is 18.6. The van der Waals surface area contributed by atoms with E-state index in [2.05, 4.69) is 74.0 Å². The quantitative estimate of drug-likeness (QED) is 0.490. The highest BCUT2D eigenvalue weighted by atomic mass is 32.2. The zero-order valence-corrected chi connectivity index (χ0v) is 20.6. The van der Waals surface area contributed by atoms with Crippen molar-refractivity contribution in [3.8, 4) is 0 Å². The van der Waals surface area contributed by atoms with Crippen molar-refractivity contribution in [1.29, 1.82) is 0 Å². The summed E-state index contributed by atoms with van der Waals surface area (Å²) in [6.45, 7) is 22.4. The number of thioether (sulfide) groups is 1. The molecule has 0 aliphatic rings. The SMILES string of the molecule is CC(C)(C)C.CC(C)(C)C(C)(C)C.CN(C)C.COC.CSC. The van der Waals surface area contributed by atoms with Gasteiger partial charge in [-0.1, -0.05) is 69.2 Å². The summed E-state index contributed by atoms with van der Waals surface area (Å²) in [5, 5.41) is 0. The van der Waals surface area contributed by atoms with Crippen LogP contribution in [0.3, 0.4) is 0 Å². The summed E-state index contributed by atoms with van der Waals surface area (Å²) >= 11 is 1.75. The van der Waals surface area contributed by atoms with Crippen molar-refractivity contribution < 1.29 is 4.74 Å². The van der Waals surface area contributed by atoms with Crippen LogP contribution in [0.1, 0.15) is 69.2 Å². The summed E-state index contributed by atoms with van der Waals surface area (Å²) in [7, 11) is 9.25. The van der Waals surface area contributed by atoms with Gasteiger partial charge in [0.15, 0.2) is 0 Å². The lowest BCUT2D eigenvalue weighted by molar-refractivity contribution is 0.157. The summed E-state index contributed by atoms with van der Waals surface area (Å²) in [6, 6.07) is 0. The lowest BCUT2D eigenvalue weighted by Gasteiger charge is -2.34. The van der Waals surface area contributed by atoms with Gasteiger partial charge in [-0.25, -0.2) is 0 Å². The Bertz CT molecular complexity index is 172. The molecule has 0 atom stereocenters. The van der Waals surface area contributed by atoms with E-state index >= 15 is 0 Å². The van der Waals surface area contributed by atoms with Gasteiger partial charge >= 0.3 is 0 Å². The minimum absolute atomic E-state index is 0.437. The molecule has 0 fully saturated rings. The molecule has 0 amide bonds. The van der Waals surface area contributed by atoms with Crippen LogP contribution in [0.2, 0.25) is 0 Å². The van der Waals surface area contributed by atoms with Gasteiger partial charge in [0.2, 0.25) is 0 Å². The van der Waals surface area contributed by atoms with Crippen LogP contribution < -0.4 is 0 Å². The zero-order valence-electron chi connectivity index (χ0n) is 19.8. The van der Waals surface area contributed by atoms with E-state index in [4.69, 9.17) is 0 Å². The molecule has 0 aromatic rings. The van der Waals surface area contributed by atoms with Crippen LogP contribution in [-0.2, 0) is 4.74 Å². The van der Waals surface area contributed by atoms with Gasteiger partial charge in [-0.3, -0.25) is 0 Å². The molecule has 0 radical (unpaired) electrons. The van der Waals surface area contributed by atoms with E-state index in [1.807, 2.05) is 38.6 Å². The Labute approximate surface area is 155 Å².